The molecule has 10 heteroatoms. The Morgan fingerprint density at radius 2 is 1.61 bits per heavy atom. The quantitative estimate of drug-likeness (QED) is 0.251. The number of rotatable bonds is 9. The second kappa shape index (κ2) is 12.7. The molecule has 10 nitrogen and oxygen atoms in total. The van der Waals surface area contributed by atoms with Gasteiger partial charge in [0.2, 0.25) is 11.8 Å². The van der Waals surface area contributed by atoms with Crippen molar-refractivity contribution in [2.45, 2.75) is 82.9 Å². The van der Waals surface area contributed by atoms with Gasteiger partial charge in [0, 0.05) is 49.9 Å². The van der Waals surface area contributed by atoms with Crippen molar-refractivity contribution >= 4 is 23.7 Å². The molecule has 232 valence electrons. The number of carboxylic acid groups (broad SMARTS) is 1. The number of benzene rings is 2. The van der Waals surface area contributed by atoms with Crippen LogP contribution in [-0.2, 0) is 15.1 Å². The highest BCUT2D eigenvalue weighted by Crippen LogP contribution is 2.48. The lowest BCUT2D eigenvalue weighted by Crippen LogP contribution is -2.61. The lowest BCUT2D eigenvalue weighted by Gasteiger charge is -2.51. The third kappa shape index (κ3) is 6.91. The molecule has 2 aromatic carbocycles. The summed E-state index contributed by atoms with van der Waals surface area (Å²) in [5, 5.41) is 34.2. The minimum Gasteiger partial charge on any atom is -0.465 e. The average Bonchev–Trinajstić information content (AvgIpc) is 2.97. The molecule has 0 radical (unpaired) electrons. The predicted molar refractivity (Wildman–Crippen MR) is 168 cm³/mol. The highest BCUT2D eigenvalue weighted by Gasteiger charge is 2.53. The summed E-state index contributed by atoms with van der Waals surface area (Å²) >= 11 is 0. The normalized spacial score (nSPS) is 24.5. The summed E-state index contributed by atoms with van der Waals surface area (Å²) in [5.74, 6) is 0.630. The molecular formula is C34H41N5O5. The molecule has 3 amide bonds. The van der Waals surface area contributed by atoms with Crippen LogP contribution in [0.25, 0.3) is 22.4 Å². The monoisotopic (exact) mass is 599 g/mol. The van der Waals surface area contributed by atoms with Crippen LogP contribution in [0, 0.1) is 5.92 Å². The molecule has 2 saturated carbocycles. The van der Waals surface area contributed by atoms with E-state index in [4.69, 9.17) is 0 Å². The first-order valence-electron chi connectivity index (χ1n) is 15.3. The van der Waals surface area contributed by atoms with Crippen LogP contribution in [0.15, 0.2) is 60.7 Å². The number of hydrogen-bond acceptors (Lipinski definition) is 6. The lowest BCUT2D eigenvalue weighted by molar-refractivity contribution is -0.132. The number of carbonyl (C=O) groups excluding carboxylic acids is 2. The molecule has 2 aliphatic carbocycles. The van der Waals surface area contributed by atoms with E-state index in [0.717, 1.165) is 47.9 Å². The van der Waals surface area contributed by atoms with Gasteiger partial charge in [-0.15, -0.1) is 10.2 Å². The summed E-state index contributed by atoms with van der Waals surface area (Å²) in [6.45, 7) is 6.03. The van der Waals surface area contributed by atoms with Crippen LogP contribution in [0.1, 0.15) is 71.3 Å². The number of aromatic nitrogens is 2. The maximum Gasteiger partial charge on any atom is 0.405 e. The molecule has 44 heavy (non-hydrogen) atoms. The second-order valence-electron chi connectivity index (χ2n) is 12.5. The number of carbonyl (C=O) groups is 3. The van der Waals surface area contributed by atoms with Gasteiger partial charge in [0.25, 0.3) is 0 Å². The van der Waals surface area contributed by atoms with Crippen molar-refractivity contribution in [3.8, 4) is 22.4 Å². The van der Waals surface area contributed by atoms with E-state index in [0.29, 0.717) is 24.5 Å². The van der Waals surface area contributed by atoms with E-state index in [-0.39, 0.29) is 36.6 Å². The number of hydrogen-bond donors (Lipinski definition) is 4. The van der Waals surface area contributed by atoms with Crippen LogP contribution in [0.3, 0.4) is 0 Å². The molecule has 3 aromatic rings. The molecule has 2 fully saturated rings. The fourth-order valence-electron chi connectivity index (χ4n) is 7.12. The summed E-state index contributed by atoms with van der Waals surface area (Å²) in [7, 11) is 0. The van der Waals surface area contributed by atoms with Gasteiger partial charge in [-0.05, 0) is 62.6 Å². The molecule has 0 unspecified atom stereocenters. The molecule has 2 aliphatic rings. The first-order valence-corrected chi connectivity index (χ1v) is 15.3. The van der Waals surface area contributed by atoms with Crippen LogP contribution in [0.4, 0.5) is 10.6 Å². The van der Waals surface area contributed by atoms with Crippen LogP contribution >= 0.6 is 0 Å². The highest BCUT2D eigenvalue weighted by atomic mass is 16.4. The van der Waals surface area contributed by atoms with E-state index in [9.17, 15) is 24.6 Å². The first-order chi connectivity index (χ1) is 21.0. The van der Waals surface area contributed by atoms with Gasteiger partial charge in [0.05, 0.1) is 11.1 Å². The fourth-order valence-corrected chi connectivity index (χ4v) is 7.12. The molecule has 0 saturated heterocycles. The maximum absolute atomic E-state index is 13.0. The summed E-state index contributed by atoms with van der Waals surface area (Å²) in [4.78, 5) is 38.4. The van der Waals surface area contributed by atoms with E-state index in [1.54, 1.807) is 13.8 Å². The van der Waals surface area contributed by atoms with Crippen LogP contribution in [-0.4, -0.2) is 61.4 Å². The summed E-state index contributed by atoms with van der Waals surface area (Å²) in [5.41, 5.74) is 2.13. The summed E-state index contributed by atoms with van der Waals surface area (Å²) in [6, 6.07) is 19.3. The molecule has 0 bridgehead atoms. The van der Waals surface area contributed by atoms with Crippen molar-refractivity contribution in [1.29, 1.82) is 0 Å². The fraction of sp³-hybridized carbons (Fsp3) is 0.441. The van der Waals surface area contributed by atoms with Crippen LogP contribution in [0.2, 0.25) is 0 Å². The van der Waals surface area contributed by atoms with E-state index < -0.39 is 17.2 Å². The van der Waals surface area contributed by atoms with E-state index in [1.165, 1.54) is 0 Å². The SMILES string of the molecule is CCN(C(C)=O)C1CCC(CC(=O)Nc2cc(-c3ccccc3)c(-c3ccc(C4(NC(=O)O)CC(C)(O)C4)cc3)nn2)CC1. The molecule has 0 aliphatic heterocycles. The van der Waals surface area contributed by atoms with Crippen molar-refractivity contribution in [2.75, 3.05) is 11.9 Å². The lowest BCUT2D eigenvalue weighted by atomic mass is 9.62. The molecule has 0 spiro atoms. The zero-order valence-corrected chi connectivity index (χ0v) is 25.5. The minimum atomic E-state index is -1.14. The standard InChI is InChI=1S/C34H41N5O5/c1-4-39(22(2)40)27-16-10-23(11-17-27)18-30(41)35-29-19-28(24-8-6-5-7-9-24)31(38-37-29)25-12-14-26(15-13-25)34(36-32(42)43)20-33(3,44)21-34/h5-9,12-15,19,23,27,36,44H,4,10-11,16-18,20-21H2,1-3H3,(H,42,43)(H,35,37,41). The molecule has 0 atom stereocenters. The predicted octanol–water partition coefficient (Wildman–Crippen LogP) is 5.57. The number of amides is 3. The van der Waals surface area contributed by atoms with Crippen molar-refractivity contribution < 1.29 is 24.6 Å². The molecule has 1 heterocycles. The Bertz CT molecular complexity index is 1490. The average molecular weight is 600 g/mol. The van der Waals surface area contributed by atoms with Gasteiger partial charge in [-0.25, -0.2) is 4.79 Å². The summed E-state index contributed by atoms with van der Waals surface area (Å²) in [6.07, 6.45) is 3.44. The van der Waals surface area contributed by atoms with Crippen LogP contribution in [0.5, 0.6) is 0 Å². The third-order valence-electron chi connectivity index (χ3n) is 9.04. The Morgan fingerprint density at radius 1 is 0.955 bits per heavy atom. The van der Waals surface area contributed by atoms with E-state index in [2.05, 4.69) is 20.8 Å². The Kier molecular flexibility index (Phi) is 9.01. The zero-order chi connectivity index (χ0) is 31.5. The van der Waals surface area contributed by atoms with Gasteiger partial charge in [0.1, 0.15) is 5.69 Å². The van der Waals surface area contributed by atoms with Gasteiger partial charge in [-0.3, -0.25) is 9.59 Å². The molecule has 4 N–H and O–H groups in total. The number of anilines is 1. The van der Waals surface area contributed by atoms with Gasteiger partial charge in [0.15, 0.2) is 5.82 Å². The third-order valence-corrected chi connectivity index (χ3v) is 9.04. The second-order valence-corrected chi connectivity index (χ2v) is 12.5. The van der Waals surface area contributed by atoms with E-state index >= 15 is 0 Å². The van der Waals surface area contributed by atoms with Gasteiger partial charge in [-0.1, -0.05) is 54.6 Å². The molecule has 5 rings (SSSR count). The maximum atomic E-state index is 13.0. The number of nitrogens with one attached hydrogen (secondary N) is 2. The topological polar surface area (TPSA) is 145 Å². The smallest absolute Gasteiger partial charge is 0.405 e. The van der Waals surface area contributed by atoms with Crippen LogP contribution < -0.4 is 10.6 Å². The Morgan fingerprint density at radius 3 is 2.18 bits per heavy atom. The Labute approximate surface area is 257 Å². The first kappa shape index (κ1) is 31.1. The van der Waals surface area contributed by atoms with Crippen molar-refractivity contribution in [3.63, 3.8) is 0 Å². The largest absolute Gasteiger partial charge is 0.465 e. The van der Waals surface area contributed by atoms with Gasteiger partial charge in [-0.2, -0.15) is 0 Å². The summed E-state index contributed by atoms with van der Waals surface area (Å²) < 4.78 is 0. The van der Waals surface area contributed by atoms with Crippen molar-refractivity contribution in [2.24, 2.45) is 5.92 Å². The molecular weight excluding hydrogens is 558 g/mol. The Hall–Kier alpha value is -4.31. The van der Waals surface area contributed by atoms with Crippen molar-refractivity contribution in [3.05, 3.63) is 66.2 Å². The zero-order valence-electron chi connectivity index (χ0n) is 25.5. The highest BCUT2D eigenvalue weighted by molar-refractivity contribution is 5.91. The number of nitrogens with zero attached hydrogens (tertiary/aromatic N) is 3. The van der Waals surface area contributed by atoms with Gasteiger partial charge < -0.3 is 25.7 Å². The van der Waals surface area contributed by atoms with E-state index in [1.807, 2.05) is 72.5 Å². The molecule has 1 aromatic heterocycles. The van der Waals surface area contributed by atoms with Crippen molar-refractivity contribution in [1.82, 2.24) is 20.4 Å². The Balaban J connectivity index is 1.32. The van der Waals surface area contributed by atoms with Gasteiger partial charge >= 0.3 is 6.09 Å². The minimum absolute atomic E-state index is 0.104. The number of aliphatic hydroxyl groups is 1.